The van der Waals surface area contributed by atoms with E-state index >= 15 is 0 Å². The number of aromatic amines is 1. The van der Waals surface area contributed by atoms with Gasteiger partial charge in [0, 0.05) is 123 Å². The molecule has 3 aromatic carbocycles. The largest absolute Gasteiger partial charge is 0.377 e. The molecule has 3 saturated heterocycles. The van der Waals surface area contributed by atoms with E-state index < -0.39 is 34.9 Å². The lowest BCUT2D eigenvalue weighted by Gasteiger charge is -2.44. The second kappa shape index (κ2) is 36.4. The third-order valence-corrected chi connectivity index (χ3v) is 24.1. The summed E-state index contributed by atoms with van der Waals surface area (Å²) >= 11 is 20.6. The maximum atomic E-state index is 14.7. The molecule has 0 spiro atoms. The summed E-state index contributed by atoms with van der Waals surface area (Å²) in [5, 5.41) is 10.7. The molecule has 0 radical (unpaired) electrons. The molecule has 12 heterocycles. The molecule has 3 amide bonds. The molecular weight excluding hydrogens is 1650 g/mol. The molecule has 26 nitrogen and oxygen atoms in total. The number of halogens is 6. The molecule has 3 fully saturated rings. The Kier molecular flexibility index (Phi) is 26.3. The van der Waals surface area contributed by atoms with Gasteiger partial charge >= 0.3 is 17.1 Å². The molecule has 6 atom stereocenters. The zero-order valence-electron chi connectivity index (χ0n) is 72.1. The van der Waals surface area contributed by atoms with Gasteiger partial charge in [0.1, 0.15) is 28.9 Å². The van der Waals surface area contributed by atoms with E-state index in [-0.39, 0.29) is 116 Å². The Bertz CT molecular complexity index is 6430. The predicted octanol–water partition coefficient (Wildman–Crippen LogP) is 16.5. The third kappa shape index (κ3) is 17.3. The number of fused-ring (bicyclic) bond motifs is 4. The van der Waals surface area contributed by atoms with Crippen LogP contribution in [-0.4, -0.2) is 184 Å². The first-order chi connectivity index (χ1) is 58.9. The number of pyridine rings is 5. The molecule has 15 rings (SSSR count). The molecule has 3 aliphatic heterocycles. The number of ether oxygens (including phenoxy) is 1. The number of anilines is 3. The molecular formula is C92H99Cl3F3N19O7. The lowest BCUT2D eigenvalue weighted by Crippen LogP contribution is -2.58. The minimum Gasteiger partial charge on any atom is -0.377 e. The number of nitrogens with one attached hydrogen (secondary N) is 1. The van der Waals surface area contributed by atoms with Crippen LogP contribution in [0.25, 0.3) is 89.2 Å². The van der Waals surface area contributed by atoms with Crippen LogP contribution in [0.1, 0.15) is 135 Å². The fourth-order valence-corrected chi connectivity index (χ4v) is 17.4. The van der Waals surface area contributed by atoms with Gasteiger partial charge in [-0.1, -0.05) is 131 Å². The highest BCUT2D eigenvalue weighted by molar-refractivity contribution is 6.35. The molecule has 1 N–H and O–H groups in total. The van der Waals surface area contributed by atoms with Crippen LogP contribution >= 0.6 is 34.8 Å². The summed E-state index contributed by atoms with van der Waals surface area (Å²) in [5.74, 6) is 0.348. The Balaban J connectivity index is 0.000000161. The zero-order chi connectivity index (χ0) is 89.7. The third-order valence-electron chi connectivity index (χ3n) is 23.2. The van der Waals surface area contributed by atoms with Crippen molar-refractivity contribution in [1.29, 1.82) is 0 Å². The first kappa shape index (κ1) is 89.7. The van der Waals surface area contributed by atoms with Crippen molar-refractivity contribution in [3.63, 3.8) is 0 Å². The van der Waals surface area contributed by atoms with Crippen molar-refractivity contribution < 1.29 is 32.3 Å². The van der Waals surface area contributed by atoms with E-state index in [1.807, 2.05) is 138 Å². The number of carbonyl (C=O) groups excluding carboxylic acids is 3. The average molecular weight is 1750 g/mol. The number of benzene rings is 3. The number of nitrogens with zero attached hydrogens (tertiary/aromatic N) is 18. The van der Waals surface area contributed by atoms with E-state index in [4.69, 9.17) is 54.5 Å². The van der Waals surface area contributed by atoms with Crippen LogP contribution < -0.4 is 31.8 Å². The maximum absolute atomic E-state index is 14.7. The second-order valence-corrected chi connectivity index (χ2v) is 34.3. The van der Waals surface area contributed by atoms with Crippen LogP contribution in [-0.2, 0) is 25.7 Å². The van der Waals surface area contributed by atoms with Crippen LogP contribution in [0.3, 0.4) is 0 Å². The Morgan fingerprint density at radius 3 is 1.37 bits per heavy atom. The molecule has 124 heavy (non-hydrogen) atoms. The smallest absolute Gasteiger partial charge is 0.355 e. The molecule has 0 bridgehead atoms. The quantitative estimate of drug-likeness (QED) is 0.0829. The Morgan fingerprint density at radius 2 is 0.935 bits per heavy atom. The van der Waals surface area contributed by atoms with Crippen LogP contribution in [0, 0.1) is 26.6 Å². The maximum Gasteiger partial charge on any atom is 0.355 e. The molecule has 646 valence electrons. The van der Waals surface area contributed by atoms with Gasteiger partial charge in [0.2, 0.25) is 17.7 Å². The summed E-state index contributed by atoms with van der Waals surface area (Å²) in [7, 11) is 1.57. The van der Waals surface area contributed by atoms with Crippen molar-refractivity contribution in [2.75, 3.05) is 61.1 Å². The standard InChI is InChI=1S/C33H35ClN8O2.C32H33ClF2N6O2.C27H31ClFN5O3/c1-8-25(43)40-15-21(7)41(16-20(40)6)31-23-13-24(34)29(26-18(4)9-10-22-14-36-39-28(22)26)37-32(23)42(33(44)38-31)30-19(5)11-12-35-27(30)17(2)3;1-7-25(42)39-15-20(6)40(16-19(39)5)30-23-14-24(33)27(21-10-8-9-11-22(21)29(34)35)37-31(23)41(32(43)38-30)28-18(4)12-13-36-26(28)17(2)3;1-7-22(35)32-13-17(3)33(14-16(32)2)25-19-12-20(28)23(18-10-8-9-11-21(18)29)30-24(19)34(26(36)31-25)15-27(4,5)37-6/h8-14,17,20-21H,1,15-16H2,2-7H3,(H,36,39);7-14,17,19-20,29H,1,15-16H2,2-6H3;7-12,16-17H,1,13-15H2,2-6H3. The van der Waals surface area contributed by atoms with Crippen LogP contribution in [0.5, 0.6) is 0 Å². The topological polar surface area (TPSA) is 278 Å². The lowest BCUT2D eigenvalue weighted by molar-refractivity contribution is -0.129. The summed E-state index contributed by atoms with van der Waals surface area (Å²) in [4.78, 5) is 128. The number of aromatic nitrogens is 13. The van der Waals surface area contributed by atoms with Crippen molar-refractivity contribution in [1.82, 2.24) is 78.5 Å². The highest BCUT2D eigenvalue weighted by atomic mass is 35.5. The Hall–Kier alpha value is -12.1. The number of H-pyrrole nitrogens is 1. The summed E-state index contributed by atoms with van der Waals surface area (Å²) in [6.07, 6.45) is 6.38. The van der Waals surface area contributed by atoms with Crippen LogP contribution in [0.15, 0.2) is 162 Å². The van der Waals surface area contributed by atoms with Gasteiger partial charge in [-0.15, -0.1) is 0 Å². The Labute approximate surface area is 730 Å². The fraction of sp³-hybridized carbons (Fsp3) is 0.359. The van der Waals surface area contributed by atoms with Gasteiger partial charge in [-0.25, -0.2) is 51.6 Å². The summed E-state index contributed by atoms with van der Waals surface area (Å²) < 4.78 is 52.9. The molecule has 0 aliphatic carbocycles. The summed E-state index contributed by atoms with van der Waals surface area (Å²) in [5.41, 5.74) is 6.69. The van der Waals surface area contributed by atoms with Crippen molar-refractivity contribution in [2.24, 2.45) is 0 Å². The number of alkyl halides is 2. The van der Waals surface area contributed by atoms with Gasteiger partial charge in [0.25, 0.3) is 6.43 Å². The van der Waals surface area contributed by atoms with Crippen LogP contribution in [0.4, 0.5) is 30.6 Å². The summed E-state index contributed by atoms with van der Waals surface area (Å²) in [6, 6.07) is 24.2. The molecule has 6 unspecified atom stereocenters. The van der Waals surface area contributed by atoms with E-state index in [1.54, 1.807) is 93.5 Å². The van der Waals surface area contributed by atoms with Crippen LogP contribution in [0.2, 0.25) is 15.1 Å². The first-order valence-electron chi connectivity index (χ1n) is 40.9. The van der Waals surface area contributed by atoms with E-state index in [1.165, 1.54) is 45.6 Å². The number of aryl methyl sites for hydroxylation is 3. The van der Waals surface area contributed by atoms with E-state index in [0.717, 1.165) is 38.9 Å². The van der Waals surface area contributed by atoms with Crippen molar-refractivity contribution >= 4 is 114 Å². The predicted molar refractivity (Wildman–Crippen MR) is 484 cm³/mol. The minimum atomic E-state index is -2.76. The van der Waals surface area contributed by atoms with E-state index in [0.29, 0.717) is 112 Å². The van der Waals surface area contributed by atoms with Gasteiger partial charge in [-0.3, -0.25) is 34.0 Å². The monoisotopic (exact) mass is 1740 g/mol. The highest BCUT2D eigenvalue weighted by Gasteiger charge is 2.39. The zero-order valence-corrected chi connectivity index (χ0v) is 74.3. The molecule has 0 saturated carbocycles. The lowest BCUT2D eigenvalue weighted by atomic mass is 10.0. The average Bonchev–Trinajstić information content (AvgIpc) is 0.906. The normalized spacial score (nSPS) is 17.6. The molecule has 32 heteroatoms. The number of methoxy groups -OCH3 is 1. The highest BCUT2D eigenvalue weighted by Crippen LogP contribution is 2.43. The van der Waals surface area contributed by atoms with Gasteiger partial charge in [-0.2, -0.15) is 20.1 Å². The van der Waals surface area contributed by atoms with Crippen molar-refractivity contribution in [2.45, 2.75) is 171 Å². The SMILES string of the molecule is C=CC(=O)N1CC(C)N(c2nc(=O)n(-c3c(C)ccnc3C(C)C)c3nc(-c4c(C)ccc5cn[nH]c45)c(Cl)cc23)CC1C.C=CC(=O)N1CC(C)N(c2nc(=O)n(-c3c(C)ccnc3C(C)C)c3nc(-c4ccccc4C(F)F)c(Cl)cc23)CC1C.C=CC(=O)N1CC(C)N(c2nc(=O)n(CC(C)(C)OC)c3nc(-c4ccccc4F)c(Cl)cc23)CC1C. The first-order valence-corrected chi connectivity index (χ1v) is 42.0. The number of carbonyl (C=O) groups is 3. The van der Waals surface area contributed by atoms with Crippen molar-refractivity contribution in [3.05, 3.63) is 234 Å². The molecule has 9 aromatic heterocycles. The molecule has 3 aliphatic rings. The minimum absolute atomic E-state index is 0.0376. The number of hydrogen-bond donors (Lipinski definition) is 1. The Morgan fingerprint density at radius 1 is 0.532 bits per heavy atom. The van der Waals surface area contributed by atoms with Gasteiger partial charge in [0.15, 0.2) is 11.3 Å². The van der Waals surface area contributed by atoms with E-state index in [9.17, 15) is 41.9 Å². The number of hydrogen-bond acceptors (Lipinski definition) is 19. The molecule has 12 aromatic rings. The van der Waals surface area contributed by atoms with E-state index in [2.05, 4.69) is 59.8 Å². The van der Waals surface area contributed by atoms with Gasteiger partial charge in [0.05, 0.1) is 94.9 Å². The number of piperazine rings is 3. The summed E-state index contributed by atoms with van der Waals surface area (Å²) in [6.45, 7) is 43.0. The van der Waals surface area contributed by atoms with Gasteiger partial charge < -0.3 is 34.1 Å². The number of amides is 3. The number of rotatable bonds is 17. The van der Waals surface area contributed by atoms with Crippen molar-refractivity contribution in [3.8, 4) is 45.1 Å². The van der Waals surface area contributed by atoms with Gasteiger partial charge in [-0.05, 0) is 165 Å². The second-order valence-electron chi connectivity index (χ2n) is 33.1. The fourth-order valence-electron chi connectivity index (χ4n) is 16.6.